The summed E-state index contributed by atoms with van der Waals surface area (Å²) in [6.45, 7) is 6.61. The van der Waals surface area contributed by atoms with Crippen LogP contribution in [0.2, 0.25) is 0 Å². The SMILES string of the molecule is CC1CC(C)CN(c2nc(-c3ccccc3O)nc3ccccc23)C1. The molecule has 2 heterocycles. The summed E-state index contributed by atoms with van der Waals surface area (Å²) in [6, 6.07) is 15.4. The largest absolute Gasteiger partial charge is 0.507 e. The van der Waals surface area contributed by atoms with Gasteiger partial charge in [0.05, 0.1) is 11.1 Å². The zero-order valence-corrected chi connectivity index (χ0v) is 14.7. The van der Waals surface area contributed by atoms with E-state index in [4.69, 9.17) is 9.97 Å². The van der Waals surface area contributed by atoms with E-state index < -0.39 is 0 Å². The zero-order valence-electron chi connectivity index (χ0n) is 14.7. The molecule has 0 radical (unpaired) electrons. The smallest absolute Gasteiger partial charge is 0.165 e. The molecule has 0 bridgehead atoms. The zero-order chi connectivity index (χ0) is 17.4. The van der Waals surface area contributed by atoms with E-state index in [1.54, 1.807) is 6.07 Å². The lowest BCUT2D eigenvalue weighted by atomic mass is 9.92. The van der Waals surface area contributed by atoms with Crippen molar-refractivity contribution in [3.63, 3.8) is 0 Å². The number of aromatic hydroxyl groups is 1. The van der Waals surface area contributed by atoms with Gasteiger partial charge in [0.1, 0.15) is 11.6 Å². The van der Waals surface area contributed by atoms with E-state index in [1.165, 1.54) is 6.42 Å². The van der Waals surface area contributed by atoms with Gasteiger partial charge in [0, 0.05) is 18.5 Å². The van der Waals surface area contributed by atoms with Gasteiger partial charge in [0.25, 0.3) is 0 Å². The summed E-state index contributed by atoms with van der Waals surface area (Å²) in [6.07, 6.45) is 1.26. The Morgan fingerprint density at radius 1 is 0.920 bits per heavy atom. The molecule has 2 aromatic carbocycles. The summed E-state index contributed by atoms with van der Waals surface area (Å²) in [5.41, 5.74) is 1.59. The maximum absolute atomic E-state index is 10.2. The Kier molecular flexibility index (Phi) is 4.04. The molecule has 2 unspecified atom stereocenters. The lowest BCUT2D eigenvalue weighted by molar-refractivity contribution is 0.356. The van der Waals surface area contributed by atoms with Crippen LogP contribution in [-0.2, 0) is 0 Å². The van der Waals surface area contributed by atoms with Crippen LogP contribution >= 0.6 is 0 Å². The number of fused-ring (bicyclic) bond motifs is 1. The van der Waals surface area contributed by atoms with Crippen molar-refractivity contribution in [2.75, 3.05) is 18.0 Å². The number of rotatable bonds is 2. The molecular weight excluding hydrogens is 310 g/mol. The van der Waals surface area contributed by atoms with Crippen LogP contribution in [0.1, 0.15) is 20.3 Å². The standard InChI is InChI=1S/C21H23N3O/c1-14-11-15(2)13-24(12-14)21-16-7-3-5-9-18(16)22-20(23-21)17-8-4-6-10-19(17)25/h3-10,14-15,25H,11-13H2,1-2H3. The molecule has 0 amide bonds. The van der Waals surface area contributed by atoms with Crippen molar-refractivity contribution >= 4 is 16.7 Å². The van der Waals surface area contributed by atoms with Gasteiger partial charge >= 0.3 is 0 Å². The van der Waals surface area contributed by atoms with Gasteiger partial charge in [-0.1, -0.05) is 38.1 Å². The summed E-state index contributed by atoms with van der Waals surface area (Å²) in [4.78, 5) is 12.0. The predicted molar refractivity (Wildman–Crippen MR) is 102 cm³/mol. The van der Waals surface area contributed by atoms with Crippen molar-refractivity contribution in [3.8, 4) is 17.1 Å². The predicted octanol–water partition coefficient (Wildman–Crippen LogP) is 4.48. The third kappa shape index (κ3) is 3.04. The van der Waals surface area contributed by atoms with Crippen LogP contribution in [0.3, 0.4) is 0 Å². The van der Waals surface area contributed by atoms with Gasteiger partial charge in [0.15, 0.2) is 5.82 Å². The second-order valence-corrected chi connectivity index (χ2v) is 7.26. The Morgan fingerprint density at radius 3 is 2.36 bits per heavy atom. The van der Waals surface area contributed by atoms with Crippen molar-refractivity contribution in [3.05, 3.63) is 48.5 Å². The first-order chi connectivity index (χ1) is 12.1. The van der Waals surface area contributed by atoms with Gasteiger partial charge in [-0.25, -0.2) is 9.97 Å². The minimum atomic E-state index is 0.212. The number of hydrogen-bond acceptors (Lipinski definition) is 4. The van der Waals surface area contributed by atoms with E-state index in [2.05, 4.69) is 24.8 Å². The van der Waals surface area contributed by atoms with Crippen molar-refractivity contribution in [1.82, 2.24) is 9.97 Å². The summed E-state index contributed by atoms with van der Waals surface area (Å²) in [7, 11) is 0. The summed E-state index contributed by atoms with van der Waals surface area (Å²) in [5, 5.41) is 11.3. The van der Waals surface area contributed by atoms with Gasteiger partial charge in [0.2, 0.25) is 0 Å². The molecule has 3 aromatic rings. The van der Waals surface area contributed by atoms with Crippen LogP contribution in [0.15, 0.2) is 48.5 Å². The second-order valence-electron chi connectivity index (χ2n) is 7.26. The number of para-hydroxylation sites is 2. The number of hydrogen-bond donors (Lipinski definition) is 1. The Morgan fingerprint density at radius 2 is 1.60 bits per heavy atom. The van der Waals surface area contributed by atoms with Crippen LogP contribution in [-0.4, -0.2) is 28.2 Å². The molecule has 0 saturated carbocycles. The minimum absolute atomic E-state index is 0.212. The van der Waals surface area contributed by atoms with Crippen molar-refractivity contribution in [1.29, 1.82) is 0 Å². The normalized spacial score (nSPS) is 20.8. The van der Waals surface area contributed by atoms with Crippen LogP contribution in [0.4, 0.5) is 5.82 Å². The highest BCUT2D eigenvalue weighted by atomic mass is 16.3. The minimum Gasteiger partial charge on any atom is -0.507 e. The molecule has 1 N–H and O–H groups in total. The third-order valence-electron chi connectivity index (χ3n) is 4.90. The van der Waals surface area contributed by atoms with Gasteiger partial charge in [-0.15, -0.1) is 0 Å². The van der Waals surface area contributed by atoms with Crippen LogP contribution < -0.4 is 4.90 Å². The molecule has 4 heteroatoms. The van der Waals surface area contributed by atoms with E-state index in [1.807, 2.05) is 36.4 Å². The highest BCUT2D eigenvalue weighted by Crippen LogP contribution is 2.33. The van der Waals surface area contributed by atoms with Gasteiger partial charge in [-0.3, -0.25) is 0 Å². The van der Waals surface area contributed by atoms with Gasteiger partial charge < -0.3 is 10.0 Å². The third-order valence-corrected chi connectivity index (χ3v) is 4.90. The summed E-state index contributed by atoms with van der Waals surface area (Å²) < 4.78 is 0. The fraction of sp³-hybridized carbons (Fsp3) is 0.333. The molecule has 4 rings (SSSR count). The number of nitrogens with zero attached hydrogens (tertiary/aromatic N) is 3. The van der Waals surface area contributed by atoms with E-state index in [9.17, 15) is 5.11 Å². The maximum atomic E-state index is 10.2. The lowest BCUT2D eigenvalue weighted by Crippen LogP contribution is -2.39. The number of aromatic nitrogens is 2. The first kappa shape index (κ1) is 15.9. The molecule has 25 heavy (non-hydrogen) atoms. The first-order valence-electron chi connectivity index (χ1n) is 8.92. The van der Waals surface area contributed by atoms with E-state index >= 15 is 0 Å². The number of phenols is 1. The average molecular weight is 333 g/mol. The quantitative estimate of drug-likeness (QED) is 0.751. The van der Waals surface area contributed by atoms with Crippen LogP contribution in [0, 0.1) is 11.8 Å². The number of piperidine rings is 1. The molecule has 128 valence electrons. The molecule has 1 saturated heterocycles. The van der Waals surface area contributed by atoms with Crippen molar-refractivity contribution in [2.45, 2.75) is 20.3 Å². The molecule has 4 nitrogen and oxygen atoms in total. The molecular formula is C21H23N3O. The fourth-order valence-electron chi connectivity index (χ4n) is 3.92. The Balaban J connectivity index is 1.89. The van der Waals surface area contributed by atoms with Crippen LogP contribution in [0.5, 0.6) is 5.75 Å². The highest BCUT2D eigenvalue weighted by molar-refractivity contribution is 5.91. The molecule has 1 aromatic heterocycles. The number of phenolic OH excluding ortho intramolecular Hbond substituents is 1. The Labute approximate surface area is 148 Å². The van der Waals surface area contributed by atoms with E-state index in [-0.39, 0.29) is 5.75 Å². The maximum Gasteiger partial charge on any atom is 0.165 e. The Bertz CT molecular complexity index is 899. The molecule has 2 atom stereocenters. The van der Waals surface area contributed by atoms with E-state index in [0.717, 1.165) is 29.8 Å². The van der Waals surface area contributed by atoms with E-state index in [0.29, 0.717) is 23.2 Å². The highest BCUT2D eigenvalue weighted by Gasteiger charge is 2.25. The van der Waals surface area contributed by atoms with Crippen molar-refractivity contribution < 1.29 is 5.11 Å². The fourth-order valence-corrected chi connectivity index (χ4v) is 3.92. The topological polar surface area (TPSA) is 49.2 Å². The number of benzene rings is 2. The summed E-state index contributed by atoms with van der Waals surface area (Å²) >= 11 is 0. The molecule has 1 aliphatic heterocycles. The second kappa shape index (κ2) is 6.36. The van der Waals surface area contributed by atoms with Gasteiger partial charge in [-0.2, -0.15) is 0 Å². The lowest BCUT2D eigenvalue weighted by Gasteiger charge is -2.36. The molecule has 1 fully saturated rings. The first-order valence-corrected chi connectivity index (χ1v) is 8.92. The van der Waals surface area contributed by atoms with Gasteiger partial charge in [-0.05, 0) is 42.5 Å². The summed E-state index contributed by atoms with van der Waals surface area (Å²) in [5.74, 6) is 3.06. The molecule has 0 spiro atoms. The average Bonchev–Trinajstić information content (AvgIpc) is 2.60. The molecule has 1 aliphatic rings. The number of anilines is 1. The molecule has 0 aliphatic carbocycles. The monoisotopic (exact) mass is 333 g/mol. The van der Waals surface area contributed by atoms with Crippen molar-refractivity contribution in [2.24, 2.45) is 11.8 Å². The van der Waals surface area contributed by atoms with Crippen LogP contribution in [0.25, 0.3) is 22.3 Å². The Hall–Kier alpha value is -2.62.